The van der Waals surface area contributed by atoms with Crippen molar-refractivity contribution in [1.82, 2.24) is 24.9 Å². The van der Waals surface area contributed by atoms with Gasteiger partial charge in [-0.3, -0.25) is 14.6 Å². The molecule has 1 aromatic carbocycles. The Labute approximate surface area is 164 Å². The predicted octanol–water partition coefficient (Wildman–Crippen LogP) is 2.54. The summed E-state index contributed by atoms with van der Waals surface area (Å²) >= 11 is 0. The number of aliphatic imine (C=N–C) groups is 1. The number of benzene rings is 1. The summed E-state index contributed by atoms with van der Waals surface area (Å²) in [4.78, 5) is 8.87. The summed E-state index contributed by atoms with van der Waals surface area (Å²) in [6.07, 6.45) is 2.55. The van der Waals surface area contributed by atoms with Gasteiger partial charge in [0.05, 0.1) is 12.2 Å². The molecule has 1 saturated heterocycles. The first-order chi connectivity index (χ1) is 13.5. The Morgan fingerprint density at radius 3 is 2.54 bits per heavy atom. The summed E-state index contributed by atoms with van der Waals surface area (Å²) < 4.78 is 29.3. The number of hydrogen-bond acceptors (Lipinski definition) is 3. The van der Waals surface area contributed by atoms with Crippen LogP contribution in [-0.2, 0) is 13.6 Å². The van der Waals surface area contributed by atoms with E-state index in [1.807, 2.05) is 24.7 Å². The maximum absolute atomic E-state index is 14.3. The van der Waals surface area contributed by atoms with Crippen molar-refractivity contribution in [2.75, 3.05) is 33.2 Å². The molecule has 0 aliphatic carbocycles. The fourth-order valence-electron chi connectivity index (χ4n) is 3.77. The van der Waals surface area contributed by atoms with E-state index < -0.39 is 11.6 Å². The van der Waals surface area contributed by atoms with Gasteiger partial charge in [-0.2, -0.15) is 5.10 Å². The second kappa shape index (κ2) is 9.14. The van der Waals surface area contributed by atoms with Gasteiger partial charge in [0.15, 0.2) is 5.96 Å². The third kappa shape index (κ3) is 4.49. The minimum atomic E-state index is -0.538. The molecule has 1 aromatic heterocycles. The summed E-state index contributed by atoms with van der Waals surface area (Å²) in [6.45, 7) is 5.87. The normalized spacial score (nSPS) is 17.0. The number of aryl methyl sites for hydroxylation is 1. The van der Waals surface area contributed by atoms with E-state index in [4.69, 9.17) is 0 Å². The Bertz CT molecular complexity index is 811. The predicted molar refractivity (Wildman–Crippen MR) is 106 cm³/mol. The first kappa shape index (κ1) is 20.3. The number of halogens is 2. The zero-order valence-electron chi connectivity index (χ0n) is 16.7. The molecule has 1 aliphatic rings. The molecule has 1 atom stereocenters. The lowest BCUT2D eigenvalue weighted by atomic mass is 10.0. The van der Waals surface area contributed by atoms with Gasteiger partial charge >= 0.3 is 0 Å². The number of nitrogens with zero attached hydrogens (tertiary/aromatic N) is 5. The maximum atomic E-state index is 14.3. The summed E-state index contributed by atoms with van der Waals surface area (Å²) in [6, 6.07) is 5.80. The van der Waals surface area contributed by atoms with Gasteiger partial charge in [0, 0.05) is 64.1 Å². The van der Waals surface area contributed by atoms with Crippen molar-refractivity contribution < 1.29 is 8.78 Å². The standard InChI is InChI=1S/C20H28F2N6/c1-4-19(17-6-5-15(21)13-18(17)22)27-9-11-28(12-10-27)20(23-2)24-14-16-7-8-25-26(16)3/h5-8,13,19H,4,9-12,14H2,1-3H3,(H,23,24). The Hall–Kier alpha value is -2.48. The quantitative estimate of drug-likeness (QED) is 0.630. The highest BCUT2D eigenvalue weighted by Gasteiger charge is 2.27. The molecule has 8 heteroatoms. The van der Waals surface area contributed by atoms with Gasteiger partial charge in [0.2, 0.25) is 0 Å². The van der Waals surface area contributed by atoms with Gasteiger partial charge in [-0.25, -0.2) is 8.78 Å². The van der Waals surface area contributed by atoms with E-state index in [0.29, 0.717) is 12.1 Å². The average Bonchev–Trinajstić information content (AvgIpc) is 3.10. The molecule has 152 valence electrons. The van der Waals surface area contributed by atoms with Crippen LogP contribution in [0.15, 0.2) is 35.5 Å². The van der Waals surface area contributed by atoms with Crippen LogP contribution < -0.4 is 5.32 Å². The second-order valence-corrected chi connectivity index (χ2v) is 6.96. The van der Waals surface area contributed by atoms with Crippen molar-refractivity contribution >= 4 is 5.96 Å². The van der Waals surface area contributed by atoms with Gasteiger partial charge in [-0.15, -0.1) is 0 Å². The van der Waals surface area contributed by atoms with E-state index in [1.165, 1.54) is 6.07 Å². The summed E-state index contributed by atoms with van der Waals surface area (Å²) in [5, 5.41) is 7.56. The van der Waals surface area contributed by atoms with Crippen LogP contribution in [0.2, 0.25) is 0 Å². The molecule has 1 fully saturated rings. The molecule has 6 nitrogen and oxygen atoms in total. The largest absolute Gasteiger partial charge is 0.351 e. The molecule has 1 unspecified atom stereocenters. The molecule has 0 radical (unpaired) electrons. The van der Waals surface area contributed by atoms with Gasteiger partial charge in [-0.1, -0.05) is 13.0 Å². The van der Waals surface area contributed by atoms with Crippen molar-refractivity contribution in [3.05, 3.63) is 53.4 Å². The number of rotatable bonds is 5. The Kier molecular flexibility index (Phi) is 6.61. The van der Waals surface area contributed by atoms with E-state index in [-0.39, 0.29) is 6.04 Å². The van der Waals surface area contributed by atoms with Crippen LogP contribution in [0.4, 0.5) is 8.78 Å². The van der Waals surface area contributed by atoms with Crippen molar-refractivity contribution in [2.24, 2.45) is 12.0 Å². The van der Waals surface area contributed by atoms with Crippen molar-refractivity contribution in [1.29, 1.82) is 0 Å². The van der Waals surface area contributed by atoms with E-state index in [2.05, 4.69) is 25.2 Å². The lowest BCUT2D eigenvalue weighted by Gasteiger charge is -2.40. The van der Waals surface area contributed by atoms with Crippen LogP contribution in [0.3, 0.4) is 0 Å². The van der Waals surface area contributed by atoms with E-state index in [0.717, 1.165) is 50.3 Å². The highest BCUT2D eigenvalue weighted by molar-refractivity contribution is 5.79. The Morgan fingerprint density at radius 1 is 1.21 bits per heavy atom. The maximum Gasteiger partial charge on any atom is 0.194 e. The van der Waals surface area contributed by atoms with Crippen LogP contribution in [-0.4, -0.2) is 58.8 Å². The molecule has 0 saturated carbocycles. The van der Waals surface area contributed by atoms with Gasteiger partial charge in [-0.05, 0) is 18.6 Å². The van der Waals surface area contributed by atoms with Crippen molar-refractivity contribution in [2.45, 2.75) is 25.9 Å². The summed E-state index contributed by atoms with van der Waals surface area (Å²) in [7, 11) is 3.69. The molecule has 0 bridgehead atoms. The van der Waals surface area contributed by atoms with E-state index >= 15 is 0 Å². The highest BCUT2D eigenvalue weighted by atomic mass is 19.1. The van der Waals surface area contributed by atoms with Gasteiger partial charge < -0.3 is 10.2 Å². The summed E-state index contributed by atoms with van der Waals surface area (Å²) in [5.74, 6) is -0.158. The average molecular weight is 390 g/mol. The zero-order chi connectivity index (χ0) is 20.1. The lowest BCUT2D eigenvalue weighted by molar-refractivity contribution is 0.124. The van der Waals surface area contributed by atoms with Crippen molar-refractivity contribution in [3.8, 4) is 0 Å². The number of nitrogens with one attached hydrogen (secondary N) is 1. The Balaban J connectivity index is 1.59. The molecular formula is C20H28F2N6. The fourth-order valence-corrected chi connectivity index (χ4v) is 3.77. The minimum Gasteiger partial charge on any atom is -0.351 e. The minimum absolute atomic E-state index is 0.0489. The number of aromatic nitrogens is 2. The molecule has 0 amide bonds. The third-order valence-corrected chi connectivity index (χ3v) is 5.32. The van der Waals surface area contributed by atoms with Crippen LogP contribution in [0, 0.1) is 11.6 Å². The Morgan fingerprint density at radius 2 is 1.96 bits per heavy atom. The van der Waals surface area contributed by atoms with Crippen LogP contribution in [0.25, 0.3) is 0 Å². The molecule has 28 heavy (non-hydrogen) atoms. The van der Waals surface area contributed by atoms with E-state index in [1.54, 1.807) is 19.3 Å². The number of hydrogen-bond donors (Lipinski definition) is 1. The fraction of sp³-hybridized carbons (Fsp3) is 0.500. The molecule has 0 spiro atoms. The van der Waals surface area contributed by atoms with Gasteiger partial charge in [0.25, 0.3) is 0 Å². The SMILES string of the molecule is CCC(c1ccc(F)cc1F)N1CCN(C(=NC)NCc2ccnn2C)CC1. The van der Waals surface area contributed by atoms with Crippen LogP contribution >= 0.6 is 0 Å². The molecule has 1 aliphatic heterocycles. The highest BCUT2D eigenvalue weighted by Crippen LogP contribution is 2.28. The second-order valence-electron chi connectivity index (χ2n) is 6.96. The smallest absolute Gasteiger partial charge is 0.194 e. The molecule has 2 heterocycles. The molecule has 3 rings (SSSR count). The van der Waals surface area contributed by atoms with E-state index in [9.17, 15) is 8.78 Å². The monoisotopic (exact) mass is 390 g/mol. The lowest BCUT2D eigenvalue weighted by Crippen LogP contribution is -2.53. The zero-order valence-corrected chi connectivity index (χ0v) is 16.7. The topological polar surface area (TPSA) is 48.7 Å². The summed E-state index contributed by atoms with van der Waals surface area (Å²) in [5.41, 5.74) is 1.65. The van der Waals surface area contributed by atoms with Crippen LogP contribution in [0.1, 0.15) is 30.6 Å². The van der Waals surface area contributed by atoms with Crippen LogP contribution in [0.5, 0.6) is 0 Å². The number of piperazine rings is 1. The first-order valence-corrected chi connectivity index (χ1v) is 9.65. The molecule has 1 N–H and O–H groups in total. The van der Waals surface area contributed by atoms with Gasteiger partial charge in [0.1, 0.15) is 11.6 Å². The van der Waals surface area contributed by atoms with Crippen molar-refractivity contribution in [3.63, 3.8) is 0 Å². The molecule has 2 aromatic rings. The number of guanidine groups is 1. The third-order valence-electron chi connectivity index (χ3n) is 5.32. The molecular weight excluding hydrogens is 362 g/mol. The first-order valence-electron chi connectivity index (χ1n) is 9.65.